The average Bonchev–Trinajstić information content (AvgIpc) is 2.70. The Labute approximate surface area is 86.6 Å². The Balaban J connectivity index is 1.99. The lowest BCUT2D eigenvalue weighted by Gasteiger charge is -2.42. The molecule has 2 saturated heterocycles. The van der Waals surface area contributed by atoms with E-state index in [0.29, 0.717) is 12.1 Å². The maximum Gasteiger partial charge on any atom is 0.0622 e. The summed E-state index contributed by atoms with van der Waals surface area (Å²) in [5, 5.41) is 0. The van der Waals surface area contributed by atoms with Gasteiger partial charge in [-0.3, -0.25) is 4.90 Å². The molecule has 2 aliphatic rings. The van der Waals surface area contributed by atoms with Gasteiger partial charge in [0.1, 0.15) is 0 Å². The summed E-state index contributed by atoms with van der Waals surface area (Å²) in [6.45, 7) is 6.22. The van der Waals surface area contributed by atoms with Gasteiger partial charge in [-0.25, -0.2) is 0 Å². The highest BCUT2D eigenvalue weighted by molar-refractivity contribution is 4.88. The molecule has 0 bridgehead atoms. The molecule has 0 aromatic heterocycles. The van der Waals surface area contributed by atoms with E-state index in [0.717, 1.165) is 25.7 Å². The van der Waals surface area contributed by atoms with Crippen molar-refractivity contribution in [2.24, 2.45) is 11.7 Å². The minimum atomic E-state index is 0.593. The minimum Gasteiger partial charge on any atom is -0.380 e. The lowest BCUT2D eigenvalue weighted by Crippen LogP contribution is -2.53. The highest BCUT2D eigenvalue weighted by atomic mass is 16.5. The summed E-state index contributed by atoms with van der Waals surface area (Å²) in [5.41, 5.74) is 5.87. The third kappa shape index (κ3) is 1.95. The molecule has 3 atom stereocenters. The molecule has 0 spiro atoms. The summed E-state index contributed by atoms with van der Waals surface area (Å²) in [5.74, 6) is 0.759. The second-order valence-electron chi connectivity index (χ2n) is 4.68. The molecule has 2 aliphatic heterocycles. The maximum absolute atomic E-state index is 5.87. The molecule has 14 heavy (non-hydrogen) atoms. The molecule has 2 N–H and O–H groups in total. The molecule has 3 heteroatoms. The molecule has 0 aliphatic carbocycles. The van der Waals surface area contributed by atoms with E-state index >= 15 is 0 Å². The number of hydrogen-bond acceptors (Lipinski definition) is 3. The molecule has 0 radical (unpaired) electrons. The van der Waals surface area contributed by atoms with Crippen molar-refractivity contribution in [1.82, 2.24) is 4.90 Å². The summed E-state index contributed by atoms with van der Waals surface area (Å²) in [6, 6.07) is 1.24. The second kappa shape index (κ2) is 4.60. The van der Waals surface area contributed by atoms with Crippen LogP contribution in [0.2, 0.25) is 0 Å². The standard InChI is InChI=1S/C11H22N2O/c1-9-3-2-5-13(11(9)7-12)10-4-6-14-8-10/h9-11H,2-8,12H2,1H3. The number of ether oxygens (including phenoxy) is 1. The van der Waals surface area contributed by atoms with Crippen LogP contribution in [0.25, 0.3) is 0 Å². The van der Waals surface area contributed by atoms with Crippen molar-refractivity contribution in [3.63, 3.8) is 0 Å². The van der Waals surface area contributed by atoms with Gasteiger partial charge in [-0.1, -0.05) is 6.92 Å². The van der Waals surface area contributed by atoms with Gasteiger partial charge >= 0.3 is 0 Å². The number of nitrogens with zero attached hydrogens (tertiary/aromatic N) is 1. The van der Waals surface area contributed by atoms with Crippen molar-refractivity contribution in [3.05, 3.63) is 0 Å². The number of hydrogen-bond donors (Lipinski definition) is 1. The van der Waals surface area contributed by atoms with Gasteiger partial charge in [-0.15, -0.1) is 0 Å². The summed E-state index contributed by atoms with van der Waals surface area (Å²) in [6.07, 6.45) is 3.86. The van der Waals surface area contributed by atoms with Crippen LogP contribution in [-0.4, -0.2) is 43.3 Å². The SMILES string of the molecule is CC1CCCN(C2CCOC2)C1CN. The van der Waals surface area contributed by atoms with Crippen LogP contribution in [-0.2, 0) is 4.74 Å². The fourth-order valence-corrected chi connectivity index (χ4v) is 2.89. The van der Waals surface area contributed by atoms with Crippen molar-refractivity contribution in [2.75, 3.05) is 26.3 Å². The summed E-state index contributed by atoms with van der Waals surface area (Å²) >= 11 is 0. The van der Waals surface area contributed by atoms with Crippen LogP contribution in [0, 0.1) is 5.92 Å². The largest absolute Gasteiger partial charge is 0.380 e. The van der Waals surface area contributed by atoms with Gasteiger partial charge in [0.15, 0.2) is 0 Å². The Kier molecular flexibility index (Phi) is 3.42. The topological polar surface area (TPSA) is 38.5 Å². The van der Waals surface area contributed by atoms with E-state index in [1.807, 2.05) is 0 Å². The van der Waals surface area contributed by atoms with Crippen LogP contribution in [0.15, 0.2) is 0 Å². The molecule has 0 aromatic rings. The summed E-state index contributed by atoms with van der Waals surface area (Å²) in [4.78, 5) is 2.60. The monoisotopic (exact) mass is 198 g/mol. The first kappa shape index (κ1) is 10.4. The van der Waals surface area contributed by atoms with Crippen molar-refractivity contribution in [3.8, 4) is 0 Å². The van der Waals surface area contributed by atoms with Crippen LogP contribution in [0.5, 0.6) is 0 Å². The van der Waals surface area contributed by atoms with Crippen molar-refractivity contribution >= 4 is 0 Å². The third-order valence-electron chi connectivity index (χ3n) is 3.77. The van der Waals surface area contributed by atoms with Gasteiger partial charge in [0.2, 0.25) is 0 Å². The highest BCUT2D eigenvalue weighted by Crippen LogP contribution is 2.27. The Bertz CT molecular complexity index is 180. The smallest absolute Gasteiger partial charge is 0.0622 e. The molecule has 3 nitrogen and oxygen atoms in total. The Hall–Kier alpha value is -0.120. The molecule has 2 rings (SSSR count). The van der Waals surface area contributed by atoms with Crippen LogP contribution in [0.4, 0.5) is 0 Å². The molecule has 0 saturated carbocycles. The van der Waals surface area contributed by atoms with E-state index in [9.17, 15) is 0 Å². The van der Waals surface area contributed by atoms with Crippen LogP contribution in [0.3, 0.4) is 0 Å². The zero-order valence-corrected chi connectivity index (χ0v) is 9.11. The van der Waals surface area contributed by atoms with Crippen LogP contribution in [0.1, 0.15) is 26.2 Å². The van der Waals surface area contributed by atoms with Gasteiger partial charge in [-0.05, 0) is 31.7 Å². The van der Waals surface area contributed by atoms with Gasteiger partial charge < -0.3 is 10.5 Å². The van der Waals surface area contributed by atoms with Gasteiger partial charge in [0.05, 0.1) is 6.61 Å². The van der Waals surface area contributed by atoms with Crippen molar-refractivity contribution in [1.29, 1.82) is 0 Å². The zero-order valence-electron chi connectivity index (χ0n) is 9.11. The van der Waals surface area contributed by atoms with Gasteiger partial charge in [-0.2, -0.15) is 0 Å². The predicted molar refractivity (Wildman–Crippen MR) is 57.2 cm³/mol. The lowest BCUT2D eigenvalue weighted by molar-refractivity contribution is 0.0540. The van der Waals surface area contributed by atoms with E-state index in [1.165, 1.54) is 25.8 Å². The highest BCUT2D eigenvalue weighted by Gasteiger charge is 2.33. The summed E-state index contributed by atoms with van der Waals surface area (Å²) < 4.78 is 5.46. The second-order valence-corrected chi connectivity index (χ2v) is 4.68. The molecular weight excluding hydrogens is 176 g/mol. The molecule has 2 heterocycles. The van der Waals surface area contributed by atoms with Gasteiger partial charge in [0, 0.05) is 25.2 Å². The number of piperidine rings is 1. The first-order valence-corrected chi connectivity index (χ1v) is 5.86. The first-order valence-electron chi connectivity index (χ1n) is 5.86. The van der Waals surface area contributed by atoms with E-state index in [2.05, 4.69) is 11.8 Å². The van der Waals surface area contributed by atoms with Gasteiger partial charge in [0.25, 0.3) is 0 Å². The zero-order chi connectivity index (χ0) is 9.97. The predicted octanol–water partition coefficient (Wildman–Crippen LogP) is 0.835. The Morgan fingerprint density at radius 1 is 1.43 bits per heavy atom. The van der Waals surface area contributed by atoms with Crippen molar-refractivity contribution in [2.45, 2.75) is 38.3 Å². The number of likely N-dealkylation sites (tertiary alicyclic amines) is 1. The quantitative estimate of drug-likeness (QED) is 0.714. The van der Waals surface area contributed by atoms with Crippen LogP contribution >= 0.6 is 0 Å². The fraction of sp³-hybridized carbons (Fsp3) is 1.00. The average molecular weight is 198 g/mol. The fourth-order valence-electron chi connectivity index (χ4n) is 2.89. The first-order chi connectivity index (χ1) is 6.83. The number of nitrogens with two attached hydrogens (primary N) is 1. The molecule has 82 valence electrons. The molecule has 0 amide bonds. The normalized spacial score (nSPS) is 40.3. The van der Waals surface area contributed by atoms with E-state index in [1.54, 1.807) is 0 Å². The minimum absolute atomic E-state index is 0.593. The maximum atomic E-state index is 5.87. The number of rotatable bonds is 2. The van der Waals surface area contributed by atoms with E-state index in [4.69, 9.17) is 10.5 Å². The van der Waals surface area contributed by atoms with E-state index in [-0.39, 0.29) is 0 Å². The van der Waals surface area contributed by atoms with Crippen LogP contribution < -0.4 is 5.73 Å². The van der Waals surface area contributed by atoms with E-state index < -0.39 is 0 Å². The van der Waals surface area contributed by atoms with Crippen molar-refractivity contribution < 1.29 is 4.74 Å². The molecular formula is C11H22N2O. The summed E-state index contributed by atoms with van der Waals surface area (Å²) in [7, 11) is 0. The Morgan fingerprint density at radius 2 is 2.29 bits per heavy atom. The Morgan fingerprint density at radius 3 is 2.93 bits per heavy atom. The lowest BCUT2D eigenvalue weighted by atomic mass is 9.89. The molecule has 2 fully saturated rings. The molecule has 0 aromatic carbocycles. The molecule has 3 unspecified atom stereocenters. The third-order valence-corrected chi connectivity index (χ3v) is 3.77.